The fourth-order valence-electron chi connectivity index (χ4n) is 1.90. The van der Waals surface area contributed by atoms with E-state index in [2.05, 4.69) is 10.3 Å². The number of nitrogens with zero attached hydrogens (tertiary/aromatic N) is 1. The molecule has 0 amide bonds. The van der Waals surface area contributed by atoms with E-state index < -0.39 is 0 Å². The standard InChI is InChI=1S/C14H13N3O2S/c15-14(20)11-3-1-10(8-16-11)17-9-2-4-12-13(7-9)19-6-5-18-12/h1-4,7-8,17H,5-6H2,(H2,15,20). The van der Waals surface area contributed by atoms with Gasteiger partial charge in [-0.15, -0.1) is 0 Å². The van der Waals surface area contributed by atoms with Gasteiger partial charge in [0.1, 0.15) is 18.2 Å². The number of ether oxygens (including phenoxy) is 2. The van der Waals surface area contributed by atoms with E-state index >= 15 is 0 Å². The van der Waals surface area contributed by atoms with E-state index in [1.165, 1.54) is 0 Å². The van der Waals surface area contributed by atoms with Crippen molar-refractivity contribution in [3.8, 4) is 11.5 Å². The minimum absolute atomic E-state index is 0.288. The molecule has 2 heterocycles. The van der Waals surface area contributed by atoms with E-state index in [4.69, 9.17) is 27.4 Å². The van der Waals surface area contributed by atoms with E-state index in [-0.39, 0.29) is 4.99 Å². The van der Waals surface area contributed by atoms with E-state index in [1.54, 1.807) is 12.3 Å². The Morgan fingerprint density at radius 3 is 2.55 bits per heavy atom. The van der Waals surface area contributed by atoms with Crippen LogP contribution >= 0.6 is 12.2 Å². The Balaban J connectivity index is 1.78. The predicted octanol–water partition coefficient (Wildman–Crippen LogP) is 2.23. The van der Waals surface area contributed by atoms with Crippen molar-refractivity contribution in [3.05, 3.63) is 42.2 Å². The first-order chi connectivity index (χ1) is 9.72. The van der Waals surface area contributed by atoms with E-state index in [0.717, 1.165) is 22.9 Å². The third-order valence-electron chi connectivity index (χ3n) is 2.85. The molecule has 0 unspecified atom stereocenters. The number of hydrogen-bond acceptors (Lipinski definition) is 5. The average molecular weight is 287 g/mol. The average Bonchev–Trinajstić information content (AvgIpc) is 2.48. The highest BCUT2D eigenvalue weighted by molar-refractivity contribution is 7.80. The zero-order valence-corrected chi connectivity index (χ0v) is 11.4. The summed E-state index contributed by atoms with van der Waals surface area (Å²) in [6, 6.07) is 9.36. The molecule has 1 aliphatic rings. The second-order valence-corrected chi connectivity index (χ2v) is 4.72. The summed E-state index contributed by atoms with van der Waals surface area (Å²) in [6.07, 6.45) is 1.69. The first-order valence-corrected chi connectivity index (χ1v) is 6.56. The maximum Gasteiger partial charge on any atom is 0.163 e. The molecule has 6 heteroatoms. The second-order valence-electron chi connectivity index (χ2n) is 4.28. The van der Waals surface area contributed by atoms with Gasteiger partial charge in [0.05, 0.1) is 17.6 Å². The molecule has 3 rings (SSSR count). The van der Waals surface area contributed by atoms with Crippen LogP contribution in [0.4, 0.5) is 11.4 Å². The molecular formula is C14H13N3O2S. The lowest BCUT2D eigenvalue weighted by molar-refractivity contribution is 0.171. The van der Waals surface area contributed by atoms with Gasteiger partial charge in [0, 0.05) is 11.8 Å². The van der Waals surface area contributed by atoms with Crippen LogP contribution in [0.15, 0.2) is 36.5 Å². The van der Waals surface area contributed by atoms with Crippen molar-refractivity contribution in [2.24, 2.45) is 5.73 Å². The summed E-state index contributed by atoms with van der Waals surface area (Å²) in [7, 11) is 0. The molecule has 0 radical (unpaired) electrons. The van der Waals surface area contributed by atoms with Gasteiger partial charge in [-0.3, -0.25) is 4.98 Å². The number of anilines is 2. The van der Waals surface area contributed by atoms with Crippen LogP contribution in [0.25, 0.3) is 0 Å². The molecule has 0 fully saturated rings. The highest BCUT2D eigenvalue weighted by Gasteiger charge is 2.11. The van der Waals surface area contributed by atoms with Gasteiger partial charge in [-0.1, -0.05) is 12.2 Å². The number of nitrogens with two attached hydrogens (primary N) is 1. The summed E-state index contributed by atoms with van der Waals surface area (Å²) in [5, 5.41) is 3.24. The van der Waals surface area contributed by atoms with Gasteiger partial charge < -0.3 is 20.5 Å². The summed E-state index contributed by atoms with van der Waals surface area (Å²) in [5.41, 5.74) is 7.87. The van der Waals surface area contributed by atoms with Crippen LogP contribution in [-0.4, -0.2) is 23.2 Å². The summed E-state index contributed by atoms with van der Waals surface area (Å²) in [4.78, 5) is 4.47. The molecular weight excluding hydrogens is 274 g/mol. The van der Waals surface area contributed by atoms with Crippen LogP contribution in [-0.2, 0) is 0 Å². The Labute approximate surface area is 121 Å². The molecule has 102 valence electrons. The first kappa shape index (κ1) is 12.7. The van der Waals surface area contributed by atoms with Crippen molar-refractivity contribution in [1.82, 2.24) is 4.98 Å². The smallest absolute Gasteiger partial charge is 0.163 e. The predicted molar refractivity (Wildman–Crippen MR) is 80.8 cm³/mol. The Kier molecular flexibility index (Phi) is 3.39. The zero-order chi connectivity index (χ0) is 13.9. The molecule has 0 spiro atoms. The maximum absolute atomic E-state index is 5.54. The number of thiocarbonyl (C=S) groups is 1. The number of pyridine rings is 1. The van der Waals surface area contributed by atoms with Crippen molar-refractivity contribution in [3.63, 3.8) is 0 Å². The summed E-state index contributed by atoms with van der Waals surface area (Å²) >= 11 is 4.87. The maximum atomic E-state index is 5.54. The topological polar surface area (TPSA) is 69.4 Å². The SMILES string of the molecule is NC(=S)c1ccc(Nc2ccc3c(c2)OCCO3)cn1. The molecule has 1 aliphatic heterocycles. The van der Waals surface area contributed by atoms with Gasteiger partial charge in [0.15, 0.2) is 11.5 Å². The third kappa shape index (κ3) is 2.65. The number of fused-ring (bicyclic) bond motifs is 1. The van der Waals surface area contributed by atoms with Crippen LogP contribution in [0.3, 0.4) is 0 Å². The number of hydrogen-bond donors (Lipinski definition) is 2. The van der Waals surface area contributed by atoms with Gasteiger partial charge in [0.2, 0.25) is 0 Å². The lowest BCUT2D eigenvalue weighted by atomic mass is 10.2. The normalized spacial score (nSPS) is 12.8. The van der Waals surface area contributed by atoms with Crippen molar-refractivity contribution >= 4 is 28.6 Å². The molecule has 2 aromatic rings. The Hall–Kier alpha value is -2.34. The first-order valence-electron chi connectivity index (χ1n) is 6.15. The lowest BCUT2D eigenvalue weighted by Gasteiger charge is -2.19. The monoisotopic (exact) mass is 287 g/mol. The fourth-order valence-corrected chi connectivity index (χ4v) is 2.02. The highest BCUT2D eigenvalue weighted by atomic mass is 32.1. The minimum atomic E-state index is 0.288. The molecule has 0 atom stereocenters. The Morgan fingerprint density at radius 2 is 1.85 bits per heavy atom. The number of nitrogens with one attached hydrogen (secondary N) is 1. The van der Waals surface area contributed by atoms with Crippen LogP contribution < -0.4 is 20.5 Å². The molecule has 3 N–H and O–H groups in total. The van der Waals surface area contributed by atoms with Gasteiger partial charge in [-0.05, 0) is 24.3 Å². The molecule has 0 saturated carbocycles. The quantitative estimate of drug-likeness (QED) is 0.844. The van der Waals surface area contributed by atoms with Crippen LogP contribution in [0, 0.1) is 0 Å². The van der Waals surface area contributed by atoms with Crippen LogP contribution in [0.1, 0.15) is 5.69 Å². The third-order valence-corrected chi connectivity index (χ3v) is 3.06. The van der Waals surface area contributed by atoms with Crippen LogP contribution in [0.5, 0.6) is 11.5 Å². The van der Waals surface area contributed by atoms with E-state index in [9.17, 15) is 0 Å². The van der Waals surface area contributed by atoms with Gasteiger partial charge in [-0.2, -0.15) is 0 Å². The molecule has 0 aliphatic carbocycles. The lowest BCUT2D eigenvalue weighted by Crippen LogP contribution is -2.15. The highest BCUT2D eigenvalue weighted by Crippen LogP contribution is 2.33. The van der Waals surface area contributed by atoms with Gasteiger partial charge in [-0.25, -0.2) is 0 Å². The minimum Gasteiger partial charge on any atom is -0.486 e. The number of rotatable bonds is 3. The molecule has 1 aromatic carbocycles. The molecule has 5 nitrogen and oxygen atoms in total. The van der Waals surface area contributed by atoms with E-state index in [1.807, 2.05) is 24.3 Å². The van der Waals surface area contributed by atoms with Crippen molar-refractivity contribution < 1.29 is 9.47 Å². The fraction of sp³-hybridized carbons (Fsp3) is 0.143. The number of aromatic nitrogens is 1. The summed E-state index contributed by atoms with van der Waals surface area (Å²) in [5.74, 6) is 1.51. The Morgan fingerprint density at radius 1 is 1.10 bits per heavy atom. The zero-order valence-electron chi connectivity index (χ0n) is 10.6. The van der Waals surface area contributed by atoms with E-state index in [0.29, 0.717) is 18.9 Å². The van der Waals surface area contributed by atoms with Crippen molar-refractivity contribution in [1.29, 1.82) is 0 Å². The Bertz CT molecular complexity index is 643. The summed E-state index contributed by atoms with van der Waals surface area (Å²) < 4.78 is 11.0. The molecule has 1 aromatic heterocycles. The molecule has 0 bridgehead atoms. The molecule has 20 heavy (non-hydrogen) atoms. The molecule has 0 saturated heterocycles. The largest absolute Gasteiger partial charge is 0.486 e. The van der Waals surface area contributed by atoms with Crippen molar-refractivity contribution in [2.75, 3.05) is 18.5 Å². The second kappa shape index (κ2) is 5.34. The van der Waals surface area contributed by atoms with Gasteiger partial charge in [0.25, 0.3) is 0 Å². The van der Waals surface area contributed by atoms with Crippen LogP contribution in [0.2, 0.25) is 0 Å². The van der Waals surface area contributed by atoms with Crippen molar-refractivity contribution in [2.45, 2.75) is 0 Å². The summed E-state index contributed by atoms with van der Waals surface area (Å²) in [6.45, 7) is 1.16. The number of benzene rings is 1. The van der Waals surface area contributed by atoms with Gasteiger partial charge >= 0.3 is 0 Å².